The van der Waals surface area contributed by atoms with E-state index in [4.69, 9.17) is 0 Å². The molecular weight excluding hydrogens is 306 g/mol. The van der Waals surface area contributed by atoms with Gasteiger partial charge in [0.1, 0.15) is 0 Å². The van der Waals surface area contributed by atoms with Gasteiger partial charge >= 0.3 is 0 Å². The zero-order chi connectivity index (χ0) is 16.9. The zero-order valence-electron chi connectivity index (χ0n) is 13.6. The second-order valence-electron chi connectivity index (χ2n) is 6.06. The van der Waals surface area contributed by atoms with Crippen LogP contribution in [0.15, 0.2) is 72.1 Å². The lowest BCUT2D eigenvalue weighted by molar-refractivity contribution is 0.465. The van der Waals surface area contributed by atoms with Gasteiger partial charge < -0.3 is 0 Å². The van der Waals surface area contributed by atoms with Crippen molar-refractivity contribution in [3.8, 4) is 0 Å². The van der Waals surface area contributed by atoms with Crippen molar-refractivity contribution < 1.29 is 8.42 Å². The number of hydrogen-bond donors (Lipinski definition) is 1. The molecule has 0 aliphatic rings. The van der Waals surface area contributed by atoms with E-state index in [1.165, 1.54) is 0 Å². The van der Waals surface area contributed by atoms with E-state index < -0.39 is 10.0 Å². The largest absolute Gasteiger partial charge is 0.240 e. The first kappa shape index (κ1) is 17.4. The summed E-state index contributed by atoms with van der Waals surface area (Å²) in [5.41, 5.74) is 1.79. The Kier molecular flexibility index (Phi) is 5.39. The molecule has 1 unspecified atom stereocenters. The average Bonchev–Trinajstić information content (AvgIpc) is 2.55. The van der Waals surface area contributed by atoms with E-state index in [9.17, 15) is 8.42 Å². The summed E-state index contributed by atoms with van der Waals surface area (Å²) in [6.45, 7) is 8.10. The topological polar surface area (TPSA) is 46.2 Å². The molecule has 0 saturated carbocycles. The fourth-order valence-corrected chi connectivity index (χ4v) is 3.68. The Balaban J connectivity index is 2.21. The van der Waals surface area contributed by atoms with Gasteiger partial charge in [0.25, 0.3) is 0 Å². The monoisotopic (exact) mass is 329 g/mol. The minimum atomic E-state index is -3.52. The lowest BCUT2D eigenvalue weighted by Crippen LogP contribution is -2.38. The smallest absolute Gasteiger partial charge is 0.210 e. The van der Waals surface area contributed by atoms with Crippen LogP contribution in [0.2, 0.25) is 0 Å². The van der Waals surface area contributed by atoms with Crippen LogP contribution in [0.4, 0.5) is 0 Å². The molecule has 122 valence electrons. The third kappa shape index (κ3) is 4.30. The minimum absolute atomic E-state index is 0.289. The molecule has 2 aromatic rings. The van der Waals surface area contributed by atoms with E-state index in [0.717, 1.165) is 11.1 Å². The first-order valence-electron chi connectivity index (χ1n) is 7.60. The highest BCUT2D eigenvalue weighted by Crippen LogP contribution is 2.27. The SMILES string of the molecule is C=CCC(C)(CNS(=O)(=O)c1ccc(C)cc1)c1ccccc1. The highest BCUT2D eigenvalue weighted by molar-refractivity contribution is 7.89. The number of aryl methyl sites for hydroxylation is 1. The molecule has 2 rings (SSSR count). The van der Waals surface area contributed by atoms with Crippen LogP contribution in [-0.2, 0) is 15.4 Å². The Morgan fingerprint density at radius 2 is 1.70 bits per heavy atom. The summed E-state index contributed by atoms with van der Waals surface area (Å²) >= 11 is 0. The van der Waals surface area contributed by atoms with Gasteiger partial charge in [0.15, 0.2) is 0 Å². The Hall–Kier alpha value is -1.91. The van der Waals surface area contributed by atoms with Crippen molar-refractivity contribution in [2.24, 2.45) is 0 Å². The number of nitrogens with one attached hydrogen (secondary N) is 1. The molecule has 0 radical (unpaired) electrons. The number of benzene rings is 2. The van der Waals surface area contributed by atoms with Gasteiger partial charge in [-0.15, -0.1) is 6.58 Å². The second kappa shape index (κ2) is 7.11. The van der Waals surface area contributed by atoms with Gasteiger partial charge in [-0.1, -0.05) is 61.0 Å². The second-order valence-corrected chi connectivity index (χ2v) is 7.82. The van der Waals surface area contributed by atoms with Crippen LogP contribution in [0.5, 0.6) is 0 Å². The Bertz CT molecular complexity index is 752. The molecule has 1 atom stereocenters. The third-order valence-corrected chi connectivity index (χ3v) is 5.47. The standard InChI is InChI=1S/C19H23NO2S/c1-4-14-19(3,17-8-6-5-7-9-17)15-20-23(21,22)18-12-10-16(2)11-13-18/h4-13,20H,1,14-15H2,2-3H3. The number of rotatable bonds is 7. The lowest BCUT2D eigenvalue weighted by atomic mass is 9.80. The molecule has 3 nitrogen and oxygen atoms in total. The molecule has 0 saturated heterocycles. The highest BCUT2D eigenvalue weighted by atomic mass is 32.2. The molecule has 0 heterocycles. The van der Waals surface area contributed by atoms with Crippen molar-refractivity contribution in [2.45, 2.75) is 30.6 Å². The van der Waals surface area contributed by atoms with Crippen molar-refractivity contribution in [3.05, 3.63) is 78.4 Å². The summed E-state index contributed by atoms with van der Waals surface area (Å²) in [5, 5.41) is 0. The van der Waals surface area contributed by atoms with Gasteiger partial charge in [0.2, 0.25) is 10.0 Å². The third-order valence-electron chi connectivity index (χ3n) is 4.05. The lowest BCUT2D eigenvalue weighted by Gasteiger charge is -2.29. The van der Waals surface area contributed by atoms with Crippen molar-refractivity contribution in [3.63, 3.8) is 0 Å². The molecule has 0 bridgehead atoms. The molecule has 2 aromatic carbocycles. The molecule has 23 heavy (non-hydrogen) atoms. The Morgan fingerprint density at radius 1 is 1.09 bits per heavy atom. The van der Waals surface area contributed by atoms with E-state index in [2.05, 4.69) is 11.3 Å². The van der Waals surface area contributed by atoms with Gasteiger partial charge in [0, 0.05) is 12.0 Å². The Morgan fingerprint density at radius 3 is 2.26 bits per heavy atom. The molecule has 0 amide bonds. The molecule has 4 heteroatoms. The van der Waals surface area contributed by atoms with Crippen LogP contribution in [-0.4, -0.2) is 15.0 Å². The number of sulfonamides is 1. The van der Waals surface area contributed by atoms with Gasteiger partial charge in [-0.05, 0) is 31.0 Å². The van der Waals surface area contributed by atoms with Crippen LogP contribution in [0.1, 0.15) is 24.5 Å². The molecular formula is C19H23NO2S. The van der Waals surface area contributed by atoms with Gasteiger partial charge in [-0.2, -0.15) is 0 Å². The van der Waals surface area contributed by atoms with Gasteiger partial charge in [-0.3, -0.25) is 0 Å². The number of hydrogen-bond acceptors (Lipinski definition) is 2. The first-order chi connectivity index (χ1) is 10.9. The van der Waals surface area contributed by atoms with E-state index in [0.29, 0.717) is 13.0 Å². The summed E-state index contributed by atoms with van der Waals surface area (Å²) in [7, 11) is -3.52. The Labute approximate surface area is 139 Å². The summed E-state index contributed by atoms with van der Waals surface area (Å²) < 4.78 is 27.7. The predicted molar refractivity (Wildman–Crippen MR) is 95.0 cm³/mol. The molecule has 0 spiro atoms. The normalized spacial score (nSPS) is 14.2. The first-order valence-corrected chi connectivity index (χ1v) is 9.08. The fourth-order valence-electron chi connectivity index (χ4n) is 2.51. The van der Waals surface area contributed by atoms with E-state index in [1.54, 1.807) is 24.3 Å². The fraction of sp³-hybridized carbons (Fsp3) is 0.263. The van der Waals surface area contributed by atoms with Crippen LogP contribution in [0.3, 0.4) is 0 Å². The van der Waals surface area contributed by atoms with Crippen molar-refractivity contribution in [2.75, 3.05) is 6.54 Å². The number of allylic oxidation sites excluding steroid dienone is 1. The summed E-state index contributed by atoms with van der Waals surface area (Å²) in [5.74, 6) is 0. The maximum atomic E-state index is 12.5. The van der Waals surface area contributed by atoms with E-state index >= 15 is 0 Å². The zero-order valence-corrected chi connectivity index (χ0v) is 14.4. The summed E-state index contributed by atoms with van der Waals surface area (Å²) in [6.07, 6.45) is 2.51. The maximum absolute atomic E-state index is 12.5. The van der Waals surface area contributed by atoms with Crippen molar-refractivity contribution in [1.82, 2.24) is 4.72 Å². The van der Waals surface area contributed by atoms with Crippen LogP contribution in [0.25, 0.3) is 0 Å². The van der Waals surface area contributed by atoms with Crippen molar-refractivity contribution in [1.29, 1.82) is 0 Å². The van der Waals surface area contributed by atoms with E-state index in [1.807, 2.05) is 50.3 Å². The van der Waals surface area contributed by atoms with E-state index in [-0.39, 0.29) is 10.3 Å². The van der Waals surface area contributed by atoms with Gasteiger partial charge in [-0.25, -0.2) is 13.1 Å². The predicted octanol–water partition coefficient (Wildman–Crippen LogP) is 3.81. The maximum Gasteiger partial charge on any atom is 0.240 e. The average molecular weight is 329 g/mol. The molecule has 0 fully saturated rings. The highest BCUT2D eigenvalue weighted by Gasteiger charge is 2.27. The quantitative estimate of drug-likeness (QED) is 0.785. The molecule has 0 aliphatic carbocycles. The summed E-state index contributed by atoms with van der Waals surface area (Å²) in [6, 6.07) is 16.8. The summed E-state index contributed by atoms with van der Waals surface area (Å²) in [4.78, 5) is 0.289. The van der Waals surface area contributed by atoms with Crippen LogP contribution >= 0.6 is 0 Å². The van der Waals surface area contributed by atoms with Crippen LogP contribution in [0, 0.1) is 6.92 Å². The molecule has 0 aliphatic heterocycles. The minimum Gasteiger partial charge on any atom is -0.210 e. The molecule has 1 N–H and O–H groups in total. The molecule has 0 aromatic heterocycles. The van der Waals surface area contributed by atoms with Crippen LogP contribution < -0.4 is 4.72 Å². The van der Waals surface area contributed by atoms with Gasteiger partial charge in [0.05, 0.1) is 4.90 Å². The van der Waals surface area contributed by atoms with Crippen molar-refractivity contribution >= 4 is 10.0 Å².